The van der Waals surface area contributed by atoms with E-state index in [0.29, 0.717) is 23.2 Å². The highest BCUT2D eigenvalue weighted by atomic mass is 35.5. The average Bonchev–Trinajstić information content (AvgIpc) is 2.78. The molecule has 0 unspecified atom stereocenters. The Morgan fingerprint density at radius 1 is 1.03 bits per heavy atom. The van der Waals surface area contributed by atoms with Gasteiger partial charge in [0.2, 0.25) is 5.43 Å². The molecule has 0 aliphatic carbocycles. The second-order valence-electron chi connectivity index (χ2n) is 6.96. The third kappa shape index (κ3) is 4.08. The average molecular weight is 454 g/mol. The molecule has 0 saturated carbocycles. The fourth-order valence-electron chi connectivity index (χ4n) is 3.24. The van der Waals surface area contributed by atoms with Crippen LogP contribution in [0.3, 0.4) is 0 Å². The van der Waals surface area contributed by atoms with Gasteiger partial charge in [-0.25, -0.2) is 0 Å². The molecule has 1 aromatic heterocycles. The van der Waals surface area contributed by atoms with Gasteiger partial charge in [0, 0.05) is 23.1 Å². The lowest BCUT2D eigenvalue weighted by Gasteiger charge is -2.11. The van der Waals surface area contributed by atoms with Crippen LogP contribution in [0.5, 0.6) is 5.75 Å². The third-order valence-corrected chi connectivity index (χ3v) is 5.53. The molecule has 0 fully saturated rings. The summed E-state index contributed by atoms with van der Waals surface area (Å²) in [5, 5.41) is 13.9. The topological polar surface area (TPSA) is 108 Å². The Kier molecular flexibility index (Phi) is 5.59. The van der Waals surface area contributed by atoms with Gasteiger partial charge >= 0.3 is 0 Å². The zero-order valence-electron chi connectivity index (χ0n) is 16.1. The lowest BCUT2D eigenvalue weighted by Crippen LogP contribution is -2.22. The van der Waals surface area contributed by atoms with Crippen LogP contribution in [0.15, 0.2) is 65.5 Å². The lowest BCUT2D eigenvalue weighted by molar-refractivity contribution is 0.0951. The number of aromatic hydroxyl groups is 1. The molecule has 5 N–H and O–H groups in total. The Labute approximate surface area is 187 Å². The zero-order chi connectivity index (χ0) is 22.1. The van der Waals surface area contributed by atoms with Crippen molar-refractivity contribution in [2.24, 2.45) is 0 Å². The van der Waals surface area contributed by atoms with Crippen LogP contribution in [0, 0.1) is 0 Å². The van der Waals surface area contributed by atoms with Gasteiger partial charge in [0.1, 0.15) is 0 Å². The summed E-state index contributed by atoms with van der Waals surface area (Å²) in [7, 11) is 0. The predicted octanol–water partition coefficient (Wildman–Crippen LogP) is 4.72. The maximum Gasteiger partial charge on any atom is 0.251 e. The molecular weight excluding hydrogens is 437 g/mol. The number of anilines is 1. The first-order valence-electron chi connectivity index (χ1n) is 9.31. The van der Waals surface area contributed by atoms with Crippen molar-refractivity contribution in [2.75, 3.05) is 5.73 Å². The van der Waals surface area contributed by atoms with Gasteiger partial charge in [-0.05, 0) is 35.9 Å². The quantitative estimate of drug-likeness (QED) is 0.335. The molecule has 6 nitrogen and oxygen atoms in total. The minimum Gasteiger partial charge on any atom is -0.503 e. The van der Waals surface area contributed by atoms with Crippen molar-refractivity contribution < 1.29 is 9.90 Å². The van der Waals surface area contributed by atoms with Gasteiger partial charge in [0.05, 0.1) is 26.9 Å². The van der Waals surface area contributed by atoms with Gasteiger partial charge in [0.15, 0.2) is 5.75 Å². The number of aromatic amines is 1. The van der Waals surface area contributed by atoms with E-state index in [-0.39, 0.29) is 32.7 Å². The number of carbonyl (C=O) groups excluding carboxylic acids is 1. The first-order chi connectivity index (χ1) is 14.8. The summed E-state index contributed by atoms with van der Waals surface area (Å²) >= 11 is 12.2. The summed E-state index contributed by atoms with van der Waals surface area (Å²) in [6.07, 6.45) is 0. The smallest absolute Gasteiger partial charge is 0.251 e. The Bertz CT molecular complexity index is 1350. The molecule has 0 atom stereocenters. The van der Waals surface area contributed by atoms with Crippen molar-refractivity contribution in [1.82, 2.24) is 10.3 Å². The Morgan fingerprint density at radius 3 is 2.39 bits per heavy atom. The summed E-state index contributed by atoms with van der Waals surface area (Å²) in [4.78, 5) is 28.3. The standard InChI is InChI=1S/C23H17Cl2N3O3/c24-16-8-14(9-17(25)19(16)26)20-22(30)21(29)15-7-6-13(10-18(15)28-20)23(31)27-11-12-4-2-1-3-5-12/h1-10,30H,11,26H2,(H,27,31)(H,28,29). The van der Waals surface area contributed by atoms with Crippen molar-refractivity contribution in [3.05, 3.63) is 92.1 Å². The number of halogens is 2. The van der Waals surface area contributed by atoms with E-state index in [1.165, 1.54) is 24.3 Å². The predicted molar refractivity (Wildman–Crippen MR) is 124 cm³/mol. The number of aromatic nitrogens is 1. The highest BCUT2D eigenvalue weighted by molar-refractivity contribution is 6.39. The van der Waals surface area contributed by atoms with Crippen LogP contribution in [0.1, 0.15) is 15.9 Å². The van der Waals surface area contributed by atoms with Crippen molar-refractivity contribution in [3.63, 3.8) is 0 Å². The molecule has 0 spiro atoms. The first kappa shape index (κ1) is 20.8. The number of H-pyrrole nitrogens is 1. The van der Waals surface area contributed by atoms with Crippen molar-refractivity contribution in [3.8, 4) is 17.0 Å². The van der Waals surface area contributed by atoms with Crippen LogP contribution in [0.4, 0.5) is 5.69 Å². The number of amides is 1. The van der Waals surface area contributed by atoms with Crippen LogP contribution in [-0.2, 0) is 6.54 Å². The summed E-state index contributed by atoms with van der Waals surface area (Å²) in [6, 6.07) is 17.1. The summed E-state index contributed by atoms with van der Waals surface area (Å²) in [6.45, 7) is 0.373. The first-order valence-corrected chi connectivity index (χ1v) is 10.1. The molecule has 1 heterocycles. The lowest BCUT2D eigenvalue weighted by atomic mass is 10.1. The van der Waals surface area contributed by atoms with Crippen LogP contribution in [-0.4, -0.2) is 16.0 Å². The minimum absolute atomic E-state index is 0.128. The van der Waals surface area contributed by atoms with Gasteiger partial charge in [-0.15, -0.1) is 0 Å². The number of benzene rings is 3. The molecule has 0 radical (unpaired) electrons. The normalized spacial score (nSPS) is 10.9. The number of pyridine rings is 1. The second-order valence-corrected chi connectivity index (χ2v) is 7.77. The Balaban J connectivity index is 1.73. The monoisotopic (exact) mass is 453 g/mol. The molecule has 8 heteroatoms. The maximum atomic E-state index is 12.7. The highest BCUT2D eigenvalue weighted by Gasteiger charge is 2.16. The van der Waals surface area contributed by atoms with Crippen molar-refractivity contribution in [2.45, 2.75) is 6.54 Å². The molecule has 0 aliphatic rings. The highest BCUT2D eigenvalue weighted by Crippen LogP contribution is 2.35. The van der Waals surface area contributed by atoms with Crippen molar-refractivity contribution >= 4 is 45.7 Å². The van der Waals surface area contributed by atoms with Gasteiger partial charge in [0.25, 0.3) is 5.91 Å². The van der Waals surface area contributed by atoms with E-state index in [0.717, 1.165) is 5.56 Å². The van der Waals surface area contributed by atoms with Crippen LogP contribution in [0.2, 0.25) is 10.0 Å². The fraction of sp³-hybridized carbons (Fsp3) is 0.0435. The van der Waals surface area contributed by atoms with Crippen molar-refractivity contribution in [1.29, 1.82) is 0 Å². The summed E-state index contributed by atoms with van der Waals surface area (Å²) in [5.74, 6) is -0.773. The molecule has 0 aliphatic heterocycles. The fourth-order valence-corrected chi connectivity index (χ4v) is 3.73. The maximum absolute atomic E-state index is 12.7. The van der Waals surface area contributed by atoms with Crippen LogP contribution in [0.25, 0.3) is 22.2 Å². The van der Waals surface area contributed by atoms with Gasteiger partial charge in [-0.3, -0.25) is 9.59 Å². The van der Waals surface area contributed by atoms with Gasteiger partial charge < -0.3 is 21.1 Å². The number of fused-ring (bicyclic) bond motifs is 1. The van der Waals surface area contributed by atoms with Crippen LogP contribution >= 0.6 is 23.2 Å². The molecule has 0 bridgehead atoms. The summed E-state index contributed by atoms with van der Waals surface area (Å²) in [5.41, 5.74) is 7.62. The van der Waals surface area contributed by atoms with E-state index in [4.69, 9.17) is 28.9 Å². The number of hydrogen-bond acceptors (Lipinski definition) is 4. The molecule has 156 valence electrons. The Morgan fingerprint density at radius 2 is 1.71 bits per heavy atom. The minimum atomic E-state index is -0.580. The number of nitrogens with one attached hydrogen (secondary N) is 2. The third-order valence-electron chi connectivity index (χ3n) is 4.90. The number of nitrogen functional groups attached to an aromatic ring is 1. The van der Waals surface area contributed by atoms with E-state index < -0.39 is 11.2 Å². The summed E-state index contributed by atoms with van der Waals surface area (Å²) < 4.78 is 0. The van der Waals surface area contributed by atoms with E-state index >= 15 is 0 Å². The molecular formula is C23H17Cl2N3O3. The molecule has 31 heavy (non-hydrogen) atoms. The molecule has 4 aromatic rings. The van der Waals surface area contributed by atoms with E-state index in [9.17, 15) is 14.7 Å². The SMILES string of the molecule is Nc1c(Cl)cc(-c2[nH]c3cc(C(=O)NCc4ccccc4)ccc3c(=O)c2O)cc1Cl. The molecule has 1 amide bonds. The number of nitrogens with two attached hydrogens (primary N) is 1. The zero-order valence-corrected chi connectivity index (χ0v) is 17.6. The van der Waals surface area contributed by atoms with E-state index in [2.05, 4.69) is 10.3 Å². The van der Waals surface area contributed by atoms with E-state index in [1.807, 2.05) is 30.3 Å². The van der Waals surface area contributed by atoms with Crippen LogP contribution < -0.4 is 16.5 Å². The van der Waals surface area contributed by atoms with E-state index in [1.54, 1.807) is 6.07 Å². The second kappa shape index (κ2) is 8.34. The number of carbonyl (C=O) groups is 1. The molecule has 3 aromatic carbocycles. The molecule has 0 saturated heterocycles. The van der Waals surface area contributed by atoms with Gasteiger partial charge in [-0.2, -0.15) is 0 Å². The Hall–Kier alpha value is -3.48. The molecule has 4 rings (SSSR count). The number of rotatable bonds is 4. The number of hydrogen-bond donors (Lipinski definition) is 4. The largest absolute Gasteiger partial charge is 0.503 e. The van der Waals surface area contributed by atoms with Gasteiger partial charge in [-0.1, -0.05) is 53.5 Å².